The highest BCUT2D eigenvalue weighted by atomic mass is 16.3. The van der Waals surface area contributed by atoms with Crippen molar-refractivity contribution in [1.82, 2.24) is 14.6 Å². The van der Waals surface area contributed by atoms with E-state index in [4.69, 9.17) is 0 Å². The maximum atomic E-state index is 9.22. The van der Waals surface area contributed by atoms with Crippen molar-refractivity contribution in [3.05, 3.63) is 48.7 Å². The van der Waals surface area contributed by atoms with Gasteiger partial charge in [-0.25, -0.2) is 0 Å². The second-order valence-corrected chi connectivity index (χ2v) is 3.50. The quantitative estimate of drug-likeness (QED) is 0.670. The second-order valence-electron chi connectivity index (χ2n) is 3.50. The fourth-order valence-electron chi connectivity index (χ4n) is 1.65. The number of nitrogens with zero attached hydrogens (tertiary/aromatic N) is 3. The number of aromatic hydroxyl groups is 1. The minimum absolute atomic E-state index is 0.248. The van der Waals surface area contributed by atoms with Crippen LogP contribution in [0.4, 0.5) is 0 Å². The maximum Gasteiger partial charge on any atom is 0.168 e. The van der Waals surface area contributed by atoms with E-state index >= 15 is 0 Å². The van der Waals surface area contributed by atoms with Gasteiger partial charge in [-0.2, -0.15) is 0 Å². The molecule has 78 valence electrons. The summed E-state index contributed by atoms with van der Waals surface area (Å²) >= 11 is 0. The number of hydrogen-bond donors (Lipinski definition) is 1. The van der Waals surface area contributed by atoms with Crippen molar-refractivity contribution in [2.75, 3.05) is 0 Å². The zero-order chi connectivity index (χ0) is 11.0. The Bertz CT molecular complexity index is 628. The molecule has 2 heterocycles. The van der Waals surface area contributed by atoms with E-state index in [1.165, 1.54) is 0 Å². The first-order valence-electron chi connectivity index (χ1n) is 4.94. The minimum atomic E-state index is 0.248. The smallest absolute Gasteiger partial charge is 0.168 e. The normalized spacial score (nSPS) is 10.8. The highest BCUT2D eigenvalue weighted by Crippen LogP contribution is 2.20. The van der Waals surface area contributed by atoms with Crippen molar-refractivity contribution in [2.45, 2.75) is 0 Å². The van der Waals surface area contributed by atoms with Gasteiger partial charge in [-0.15, -0.1) is 10.2 Å². The van der Waals surface area contributed by atoms with E-state index in [0.29, 0.717) is 0 Å². The van der Waals surface area contributed by atoms with Crippen molar-refractivity contribution in [3.63, 3.8) is 0 Å². The Morgan fingerprint density at radius 3 is 2.56 bits per heavy atom. The molecule has 0 fully saturated rings. The lowest BCUT2D eigenvalue weighted by molar-refractivity contribution is 0.475. The molecule has 3 rings (SSSR count). The molecule has 0 saturated heterocycles. The van der Waals surface area contributed by atoms with E-state index in [9.17, 15) is 5.11 Å². The summed E-state index contributed by atoms with van der Waals surface area (Å²) in [5.74, 6) is 1.02. The predicted molar refractivity (Wildman–Crippen MR) is 60.1 cm³/mol. The van der Waals surface area contributed by atoms with E-state index in [0.717, 1.165) is 17.0 Å². The van der Waals surface area contributed by atoms with Gasteiger partial charge >= 0.3 is 0 Å². The van der Waals surface area contributed by atoms with Gasteiger partial charge in [0, 0.05) is 11.8 Å². The Morgan fingerprint density at radius 2 is 1.75 bits per heavy atom. The summed E-state index contributed by atoms with van der Waals surface area (Å²) in [4.78, 5) is 0. The molecule has 0 aliphatic carbocycles. The maximum absolute atomic E-state index is 9.22. The molecule has 16 heavy (non-hydrogen) atoms. The number of phenols is 1. The van der Waals surface area contributed by atoms with E-state index in [1.54, 1.807) is 12.1 Å². The van der Waals surface area contributed by atoms with Crippen molar-refractivity contribution < 1.29 is 5.11 Å². The van der Waals surface area contributed by atoms with Crippen LogP contribution in [0.1, 0.15) is 0 Å². The molecule has 1 N–H and O–H groups in total. The Morgan fingerprint density at radius 1 is 0.938 bits per heavy atom. The summed E-state index contributed by atoms with van der Waals surface area (Å²) in [5.41, 5.74) is 1.74. The van der Waals surface area contributed by atoms with Gasteiger partial charge in [0.25, 0.3) is 0 Å². The van der Waals surface area contributed by atoms with Crippen LogP contribution in [0.15, 0.2) is 48.7 Å². The van der Waals surface area contributed by atoms with Gasteiger partial charge in [0.05, 0.1) is 0 Å². The number of pyridine rings is 1. The number of aromatic nitrogens is 3. The van der Waals surface area contributed by atoms with Gasteiger partial charge in [0.15, 0.2) is 11.5 Å². The average Bonchev–Trinajstić information content (AvgIpc) is 2.74. The molecule has 4 nitrogen and oxygen atoms in total. The molecule has 1 aromatic carbocycles. The lowest BCUT2D eigenvalue weighted by Crippen LogP contribution is -1.87. The third kappa shape index (κ3) is 1.32. The van der Waals surface area contributed by atoms with Crippen LogP contribution in [0.5, 0.6) is 5.75 Å². The van der Waals surface area contributed by atoms with E-state index in [2.05, 4.69) is 10.2 Å². The molecule has 3 aromatic rings. The number of phenolic OH excluding ortho intramolecular Hbond substituents is 1. The van der Waals surface area contributed by atoms with Gasteiger partial charge < -0.3 is 5.11 Å². The molecule has 0 atom stereocenters. The molecule has 0 aliphatic heterocycles. The lowest BCUT2D eigenvalue weighted by atomic mass is 10.2. The first-order valence-corrected chi connectivity index (χ1v) is 4.94. The fourth-order valence-corrected chi connectivity index (χ4v) is 1.65. The van der Waals surface area contributed by atoms with Gasteiger partial charge in [0.2, 0.25) is 0 Å². The molecule has 0 radical (unpaired) electrons. The monoisotopic (exact) mass is 211 g/mol. The number of benzene rings is 1. The molecule has 4 heteroatoms. The lowest BCUT2D eigenvalue weighted by Gasteiger charge is -1.99. The third-order valence-electron chi connectivity index (χ3n) is 2.44. The molecule has 0 unspecified atom stereocenters. The standard InChI is InChI=1S/C12H9N3O/c16-10-6-4-9(5-7-10)12-14-13-11-3-1-2-8-15(11)12/h1-8,16H. The first kappa shape index (κ1) is 8.91. The van der Waals surface area contributed by atoms with Crippen LogP contribution in [0, 0.1) is 0 Å². The highest BCUT2D eigenvalue weighted by Gasteiger charge is 2.06. The van der Waals surface area contributed by atoms with Crippen LogP contribution in [0.3, 0.4) is 0 Å². The van der Waals surface area contributed by atoms with Gasteiger partial charge in [-0.3, -0.25) is 4.40 Å². The number of rotatable bonds is 1. The average molecular weight is 211 g/mol. The van der Waals surface area contributed by atoms with E-state index in [1.807, 2.05) is 40.9 Å². The molecule has 0 aliphatic rings. The van der Waals surface area contributed by atoms with Crippen molar-refractivity contribution in [3.8, 4) is 17.1 Å². The highest BCUT2D eigenvalue weighted by molar-refractivity contribution is 5.60. The van der Waals surface area contributed by atoms with Crippen LogP contribution in [0.2, 0.25) is 0 Å². The van der Waals surface area contributed by atoms with Crippen LogP contribution in [-0.4, -0.2) is 19.7 Å². The van der Waals surface area contributed by atoms with Crippen molar-refractivity contribution in [1.29, 1.82) is 0 Å². The number of fused-ring (bicyclic) bond motifs is 1. The van der Waals surface area contributed by atoms with Gasteiger partial charge in [0.1, 0.15) is 5.75 Å². The minimum Gasteiger partial charge on any atom is -0.508 e. The Hall–Kier alpha value is -2.36. The summed E-state index contributed by atoms with van der Waals surface area (Å²) in [6, 6.07) is 12.7. The van der Waals surface area contributed by atoms with Crippen LogP contribution < -0.4 is 0 Å². The molecule has 0 bridgehead atoms. The molecular formula is C12H9N3O. The Kier molecular flexibility index (Phi) is 1.86. The van der Waals surface area contributed by atoms with Crippen molar-refractivity contribution >= 4 is 5.65 Å². The summed E-state index contributed by atoms with van der Waals surface area (Å²) in [6.07, 6.45) is 1.91. The number of hydrogen-bond acceptors (Lipinski definition) is 3. The second kappa shape index (κ2) is 3.34. The van der Waals surface area contributed by atoms with Crippen LogP contribution in [-0.2, 0) is 0 Å². The van der Waals surface area contributed by atoms with Gasteiger partial charge in [-0.1, -0.05) is 6.07 Å². The summed E-state index contributed by atoms with van der Waals surface area (Å²) < 4.78 is 1.91. The molecule has 0 amide bonds. The predicted octanol–water partition coefficient (Wildman–Crippen LogP) is 2.10. The van der Waals surface area contributed by atoms with Gasteiger partial charge in [-0.05, 0) is 36.4 Å². The zero-order valence-electron chi connectivity index (χ0n) is 8.41. The summed E-state index contributed by atoms with van der Waals surface area (Å²) in [7, 11) is 0. The molecule has 0 spiro atoms. The fraction of sp³-hybridized carbons (Fsp3) is 0. The molecule has 0 saturated carbocycles. The largest absolute Gasteiger partial charge is 0.508 e. The van der Waals surface area contributed by atoms with E-state index < -0.39 is 0 Å². The summed E-state index contributed by atoms with van der Waals surface area (Å²) in [5, 5.41) is 17.4. The Balaban J connectivity index is 2.22. The van der Waals surface area contributed by atoms with Crippen LogP contribution >= 0.6 is 0 Å². The molecular weight excluding hydrogens is 202 g/mol. The SMILES string of the molecule is Oc1ccc(-c2nnc3ccccn23)cc1. The van der Waals surface area contributed by atoms with Crippen LogP contribution in [0.25, 0.3) is 17.0 Å². The first-order chi connectivity index (χ1) is 7.84. The molecule has 2 aromatic heterocycles. The van der Waals surface area contributed by atoms with E-state index in [-0.39, 0.29) is 5.75 Å². The topological polar surface area (TPSA) is 50.4 Å². The zero-order valence-corrected chi connectivity index (χ0v) is 8.41. The Labute approximate surface area is 91.8 Å². The third-order valence-corrected chi connectivity index (χ3v) is 2.44. The summed E-state index contributed by atoms with van der Waals surface area (Å²) in [6.45, 7) is 0. The van der Waals surface area contributed by atoms with Crippen molar-refractivity contribution in [2.24, 2.45) is 0 Å².